The minimum atomic E-state index is -1.19. The Morgan fingerprint density at radius 1 is 1.16 bits per heavy atom. The number of hydrogen-bond donors (Lipinski definition) is 1. The second-order valence-corrected chi connectivity index (χ2v) is 17.0. The molecule has 2 amide bonds. The van der Waals surface area contributed by atoms with E-state index in [-0.39, 0.29) is 12.1 Å². The molecule has 5 rings (SSSR count). The number of ether oxygens (including phenoxy) is 1. The molecule has 9 heteroatoms. The topological polar surface area (TPSA) is 88.5 Å². The van der Waals surface area contributed by atoms with Crippen molar-refractivity contribution in [2.75, 3.05) is 31.3 Å². The first kappa shape index (κ1) is 25.5. The number of aromatic amines is 1. The molecule has 0 spiro atoms. The van der Waals surface area contributed by atoms with Crippen LogP contribution in [0.25, 0.3) is 11.0 Å². The number of pyridine rings is 1. The summed E-state index contributed by atoms with van der Waals surface area (Å²) in [5.74, 6) is 0. The molecule has 0 radical (unpaired) electrons. The van der Waals surface area contributed by atoms with Crippen molar-refractivity contribution in [2.45, 2.75) is 57.7 Å². The third kappa shape index (κ3) is 5.72. The molecule has 2 aliphatic heterocycles. The Balaban J connectivity index is 1.31. The van der Waals surface area contributed by atoms with Crippen LogP contribution in [0.15, 0.2) is 42.7 Å². The number of carbonyl (C=O) groups excluding carboxylic acids is 1. The van der Waals surface area contributed by atoms with Crippen LogP contribution < -0.4 is 4.90 Å². The maximum Gasteiger partial charge on any atom is 0.326 e. The Kier molecular flexibility index (Phi) is 7.33. The molecule has 4 heterocycles. The SMILES string of the molecule is C[Si](C)(C)CCOCN1Cc2cnc3[nH]ccc3c2N(C2CCN(Cc3ccc(C#N)cc3)CC2)C1=O. The predicted octanol–water partition coefficient (Wildman–Crippen LogP) is 5.15. The highest BCUT2D eigenvalue weighted by atomic mass is 28.3. The molecule has 0 saturated carbocycles. The second-order valence-electron chi connectivity index (χ2n) is 11.4. The van der Waals surface area contributed by atoms with E-state index in [2.05, 4.69) is 40.6 Å². The summed E-state index contributed by atoms with van der Waals surface area (Å²) in [5.41, 5.74) is 4.78. The highest BCUT2D eigenvalue weighted by Crippen LogP contribution is 2.38. The normalized spacial score (nSPS) is 17.3. The molecule has 1 saturated heterocycles. The maximum absolute atomic E-state index is 13.9. The average molecular weight is 517 g/mol. The van der Waals surface area contributed by atoms with Gasteiger partial charge in [0.1, 0.15) is 12.4 Å². The molecular formula is C28H36N6O2Si. The smallest absolute Gasteiger partial charge is 0.326 e. The standard InChI is InChI=1S/C28H36N6O2Si/c1-37(2,3)15-14-36-20-33-19-23-17-31-27-25(8-11-30-27)26(23)34(28(33)35)24-9-12-32(13-10-24)18-22-6-4-21(16-29)5-7-22/h4-8,11,17,24H,9-10,12-15,18-20H2,1-3H3,(H,30,31). The summed E-state index contributed by atoms with van der Waals surface area (Å²) >= 11 is 0. The second kappa shape index (κ2) is 10.7. The average Bonchev–Trinajstić information content (AvgIpc) is 3.37. The third-order valence-corrected chi connectivity index (χ3v) is 9.07. The fraction of sp³-hybridized carbons (Fsp3) is 0.464. The van der Waals surface area contributed by atoms with Gasteiger partial charge in [0.25, 0.3) is 0 Å². The van der Waals surface area contributed by atoms with Crippen LogP contribution in [0.5, 0.6) is 0 Å². The molecule has 2 aliphatic rings. The van der Waals surface area contributed by atoms with Gasteiger partial charge >= 0.3 is 6.03 Å². The number of H-pyrrole nitrogens is 1. The Morgan fingerprint density at radius 3 is 2.62 bits per heavy atom. The number of anilines is 1. The molecule has 194 valence electrons. The lowest BCUT2D eigenvalue weighted by Gasteiger charge is -2.44. The van der Waals surface area contributed by atoms with Gasteiger partial charge in [0.2, 0.25) is 0 Å². The number of benzene rings is 1. The van der Waals surface area contributed by atoms with Crippen molar-refractivity contribution in [3.8, 4) is 6.07 Å². The molecule has 2 aromatic heterocycles. The van der Waals surface area contributed by atoms with E-state index in [0.717, 1.165) is 60.8 Å². The molecule has 1 N–H and O–H groups in total. The molecule has 3 aromatic rings. The van der Waals surface area contributed by atoms with Crippen LogP contribution in [0.2, 0.25) is 25.7 Å². The number of nitriles is 1. The Morgan fingerprint density at radius 2 is 1.92 bits per heavy atom. The minimum absolute atomic E-state index is 0.0275. The van der Waals surface area contributed by atoms with Crippen molar-refractivity contribution in [2.24, 2.45) is 0 Å². The summed E-state index contributed by atoms with van der Waals surface area (Å²) in [4.78, 5) is 28.0. The summed E-state index contributed by atoms with van der Waals surface area (Å²) in [5, 5.41) is 10.1. The van der Waals surface area contributed by atoms with Gasteiger partial charge in [-0.2, -0.15) is 5.26 Å². The molecule has 1 aromatic carbocycles. The van der Waals surface area contributed by atoms with Crippen molar-refractivity contribution < 1.29 is 9.53 Å². The number of nitrogens with zero attached hydrogens (tertiary/aromatic N) is 5. The lowest BCUT2D eigenvalue weighted by atomic mass is 9.99. The highest BCUT2D eigenvalue weighted by Gasteiger charge is 2.38. The third-order valence-electron chi connectivity index (χ3n) is 7.37. The van der Waals surface area contributed by atoms with Crippen molar-refractivity contribution in [1.82, 2.24) is 19.8 Å². The lowest BCUT2D eigenvalue weighted by Crippen LogP contribution is -2.55. The zero-order valence-corrected chi connectivity index (χ0v) is 23.0. The van der Waals surface area contributed by atoms with E-state index in [4.69, 9.17) is 10.00 Å². The fourth-order valence-corrected chi connectivity index (χ4v) is 5.98. The van der Waals surface area contributed by atoms with Gasteiger partial charge in [-0.3, -0.25) is 14.7 Å². The molecule has 0 bridgehead atoms. The Labute approximate surface area is 219 Å². The van der Waals surface area contributed by atoms with E-state index >= 15 is 0 Å². The zero-order chi connectivity index (χ0) is 26.0. The van der Waals surface area contributed by atoms with Crippen LogP contribution in [0, 0.1) is 11.3 Å². The van der Waals surface area contributed by atoms with Crippen molar-refractivity contribution in [1.29, 1.82) is 5.26 Å². The predicted molar refractivity (Wildman–Crippen MR) is 148 cm³/mol. The number of rotatable bonds is 8. The van der Waals surface area contributed by atoms with Gasteiger partial charge in [0.15, 0.2) is 0 Å². The van der Waals surface area contributed by atoms with E-state index in [1.54, 1.807) is 0 Å². The Bertz CT molecular complexity index is 1280. The minimum Gasteiger partial charge on any atom is -0.361 e. The van der Waals surface area contributed by atoms with Crippen LogP contribution in [0.1, 0.15) is 29.5 Å². The van der Waals surface area contributed by atoms with Gasteiger partial charge in [-0.25, -0.2) is 9.78 Å². The number of urea groups is 1. The molecule has 37 heavy (non-hydrogen) atoms. The van der Waals surface area contributed by atoms with Gasteiger partial charge in [0.05, 0.1) is 23.9 Å². The number of hydrogen-bond acceptors (Lipinski definition) is 5. The molecular weight excluding hydrogens is 480 g/mol. The number of piperidine rings is 1. The quantitative estimate of drug-likeness (QED) is 0.330. The number of amides is 2. The van der Waals surface area contributed by atoms with Crippen LogP contribution in [0.4, 0.5) is 10.5 Å². The summed E-state index contributed by atoms with van der Waals surface area (Å²) in [7, 11) is -1.19. The monoisotopic (exact) mass is 516 g/mol. The van der Waals surface area contributed by atoms with E-state index in [9.17, 15) is 4.79 Å². The van der Waals surface area contributed by atoms with Gasteiger partial charge in [0, 0.05) is 63.7 Å². The van der Waals surface area contributed by atoms with E-state index in [1.807, 2.05) is 52.5 Å². The van der Waals surface area contributed by atoms with Crippen molar-refractivity contribution >= 4 is 30.8 Å². The lowest BCUT2D eigenvalue weighted by molar-refractivity contribution is 0.0496. The summed E-state index contributed by atoms with van der Waals surface area (Å²) in [6.07, 6.45) is 5.61. The number of aromatic nitrogens is 2. The van der Waals surface area contributed by atoms with Crippen LogP contribution in [0.3, 0.4) is 0 Å². The largest absolute Gasteiger partial charge is 0.361 e. The fourth-order valence-electron chi connectivity index (χ4n) is 5.23. The van der Waals surface area contributed by atoms with E-state index in [1.165, 1.54) is 5.56 Å². The van der Waals surface area contributed by atoms with Gasteiger partial charge in [-0.05, 0) is 42.6 Å². The number of fused-ring (bicyclic) bond motifs is 3. The van der Waals surface area contributed by atoms with E-state index in [0.29, 0.717) is 25.4 Å². The first-order chi connectivity index (χ1) is 17.8. The zero-order valence-electron chi connectivity index (χ0n) is 22.0. The van der Waals surface area contributed by atoms with Crippen LogP contribution >= 0.6 is 0 Å². The molecule has 0 unspecified atom stereocenters. The molecule has 0 atom stereocenters. The highest BCUT2D eigenvalue weighted by molar-refractivity contribution is 6.76. The molecule has 0 aliphatic carbocycles. The first-order valence-electron chi connectivity index (χ1n) is 13.1. The van der Waals surface area contributed by atoms with Crippen LogP contribution in [-0.2, 0) is 17.8 Å². The van der Waals surface area contributed by atoms with Crippen molar-refractivity contribution in [3.63, 3.8) is 0 Å². The van der Waals surface area contributed by atoms with Gasteiger partial charge in [-0.15, -0.1) is 0 Å². The first-order valence-corrected chi connectivity index (χ1v) is 16.9. The number of carbonyl (C=O) groups is 1. The summed E-state index contributed by atoms with van der Waals surface area (Å²) < 4.78 is 6.00. The molecule has 8 nitrogen and oxygen atoms in total. The maximum atomic E-state index is 13.9. The van der Waals surface area contributed by atoms with Gasteiger partial charge in [-0.1, -0.05) is 31.8 Å². The van der Waals surface area contributed by atoms with Gasteiger partial charge < -0.3 is 9.72 Å². The van der Waals surface area contributed by atoms with E-state index < -0.39 is 8.07 Å². The summed E-state index contributed by atoms with van der Waals surface area (Å²) in [6.45, 7) is 11.2. The van der Waals surface area contributed by atoms with Crippen molar-refractivity contribution in [3.05, 3.63) is 59.4 Å². The van der Waals surface area contributed by atoms with Crippen LogP contribution in [-0.4, -0.2) is 66.3 Å². The Hall–Kier alpha value is -3.19. The molecule has 1 fully saturated rings. The summed E-state index contributed by atoms with van der Waals surface area (Å²) in [6, 6.07) is 13.3. The number of nitrogens with one attached hydrogen (secondary N) is 1. The number of likely N-dealkylation sites (tertiary alicyclic amines) is 1.